The summed E-state index contributed by atoms with van der Waals surface area (Å²) in [6, 6.07) is 9.33. The Morgan fingerprint density at radius 3 is 3.05 bits per heavy atom. The quantitative estimate of drug-likeness (QED) is 0.904. The van der Waals surface area contributed by atoms with Gasteiger partial charge in [0.25, 0.3) is 5.91 Å². The van der Waals surface area contributed by atoms with E-state index in [9.17, 15) is 4.79 Å². The van der Waals surface area contributed by atoms with Crippen LogP contribution < -0.4 is 15.4 Å². The molecule has 0 saturated heterocycles. The highest BCUT2D eigenvalue weighted by atomic mass is 16.5. The van der Waals surface area contributed by atoms with Crippen molar-refractivity contribution in [2.75, 3.05) is 11.9 Å². The van der Waals surface area contributed by atoms with Gasteiger partial charge in [-0.05, 0) is 42.3 Å². The molecule has 1 amide bonds. The molecule has 2 N–H and O–H groups in total. The summed E-state index contributed by atoms with van der Waals surface area (Å²) in [7, 11) is 0. The normalized spacial score (nSPS) is 12.8. The van der Waals surface area contributed by atoms with Crippen molar-refractivity contribution in [3.8, 4) is 5.88 Å². The molecule has 5 nitrogen and oxygen atoms in total. The Balaban J connectivity index is 1.80. The molecule has 21 heavy (non-hydrogen) atoms. The van der Waals surface area contributed by atoms with Crippen LogP contribution in [0, 0.1) is 0 Å². The number of aromatic nitrogens is 1. The maximum atomic E-state index is 12.4. The molecule has 5 heteroatoms. The van der Waals surface area contributed by atoms with E-state index in [4.69, 9.17) is 4.74 Å². The Morgan fingerprint density at radius 2 is 2.19 bits per heavy atom. The summed E-state index contributed by atoms with van der Waals surface area (Å²) in [6.45, 7) is 4.07. The van der Waals surface area contributed by atoms with Crippen LogP contribution in [-0.4, -0.2) is 17.5 Å². The molecule has 1 aliphatic rings. The second kappa shape index (κ2) is 5.93. The Morgan fingerprint density at radius 1 is 1.33 bits per heavy atom. The van der Waals surface area contributed by atoms with Crippen LogP contribution in [0.2, 0.25) is 0 Å². The molecule has 0 fully saturated rings. The molecule has 3 rings (SSSR count). The first-order valence-corrected chi connectivity index (χ1v) is 6.99. The molecule has 0 unspecified atom stereocenters. The third kappa shape index (κ3) is 2.87. The number of nitrogens with one attached hydrogen (secondary N) is 2. The number of carbonyl (C=O) groups excluding carboxylic acids is 1. The van der Waals surface area contributed by atoms with Crippen LogP contribution >= 0.6 is 0 Å². The van der Waals surface area contributed by atoms with Crippen LogP contribution in [0.5, 0.6) is 5.88 Å². The molecule has 1 aromatic carbocycles. The Labute approximate surface area is 123 Å². The van der Waals surface area contributed by atoms with Gasteiger partial charge in [-0.25, -0.2) is 4.98 Å². The van der Waals surface area contributed by atoms with Crippen LogP contribution in [0.25, 0.3) is 0 Å². The van der Waals surface area contributed by atoms with Crippen LogP contribution in [0.15, 0.2) is 36.5 Å². The summed E-state index contributed by atoms with van der Waals surface area (Å²) in [5, 5.41) is 6.12. The van der Waals surface area contributed by atoms with Crippen molar-refractivity contribution in [3.63, 3.8) is 0 Å². The lowest BCUT2D eigenvalue weighted by molar-refractivity contribution is 0.102. The van der Waals surface area contributed by atoms with Gasteiger partial charge in [0.1, 0.15) is 5.69 Å². The molecule has 0 bridgehead atoms. The van der Waals surface area contributed by atoms with E-state index in [0.717, 1.165) is 13.1 Å². The van der Waals surface area contributed by atoms with E-state index in [1.165, 1.54) is 11.1 Å². The predicted molar refractivity (Wildman–Crippen MR) is 80.3 cm³/mol. The lowest BCUT2D eigenvalue weighted by Crippen LogP contribution is -2.13. The fourth-order valence-electron chi connectivity index (χ4n) is 2.37. The van der Waals surface area contributed by atoms with Crippen molar-refractivity contribution < 1.29 is 9.53 Å². The molecule has 108 valence electrons. The maximum absolute atomic E-state index is 12.4. The van der Waals surface area contributed by atoms with Gasteiger partial charge in [0.2, 0.25) is 5.88 Å². The van der Waals surface area contributed by atoms with Gasteiger partial charge in [-0.1, -0.05) is 6.07 Å². The maximum Gasteiger partial charge on any atom is 0.255 e. The number of fused-ring (bicyclic) bond motifs is 1. The summed E-state index contributed by atoms with van der Waals surface area (Å²) < 4.78 is 5.41. The molecule has 2 aromatic rings. The summed E-state index contributed by atoms with van der Waals surface area (Å²) in [5.41, 5.74) is 3.66. The zero-order valence-corrected chi connectivity index (χ0v) is 11.8. The highest BCUT2D eigenvalue weighted by Crippen LogP contribution is 2.22. The van der Waals surface area contributed by atoms with Crippen molar-refractivity contribution >= 4 is 11.6 Å². The number of hydrogen-bond acceptors (Lipinski definition) is 4. The van der Waals surface area contributed by atoms with Crippen molar-refractivity contribution in [2.45, 2.75) is 20.0 Å². The fourth-order valence-corrected chi connectivity index (χ4v) is 2.37. The third-order valence-corrected chi connectivity index (χ3v) is 3.40. The minimum absolute atomic E-state index is 0.154. The van der Waals surface area contributed by atoms with Gasteiger partial charge in [0.05, 0.1) is 6.61 Å². The SMILES string of the molecule is CCOc1ncccc1NC(=O)c1ccc2c(c1)CNC2. The summed E-state index contributed by atoms with van der Waals surface area (Å²) >= 11 is 0. The first-order valence-electron chi connectivity index (χ1n) is 6.99. The van der Waals surface area contributed by atoms with Gasteiger partial charge < -0.3 is 15.4 Å². The van der Waals surface area contributed by atoms with E-state index in [1.54, 1.807) is 18.3 Å². The van der Waals surface area contributed by atoms with Gasteiger partial charge in [-0.15, -0.1) is 0 Å². The van der Waals surface area contributed by atoms with E-state index in [-0.39, 0.29) is 5.91 Å². The topological polar surface area (TPSA) is 63.2 Å². The zero-order chi connectivity index (χ0) is 14.7. The van der Waals surface area contributed by atoms with E-state index < -0.39 is 0 Å². The number of pyridine rings is 1. The highest BCUT2D eigenvalue weighted by Gasteiger charge is 2.15. The predicted octanol–water partition coefficient (Wildman–Crippen LogP) is 2.34. The van der Waals surface area contributed by atoms with Gasteiger partial charge in [0.15, 0.2) is 0 Å². The first kappa shape index (κ1) is 13.6. The van der Waals surface area contributed by atoms with Gasteiger partial charge >= 0.3 is 0 Å². The summed E-state index contributed by atoms with van der Waals surface area (Å²) in [6.07, 6.45) is 1.64. The second-order valence-electron chi connectivity index (χ2n) is 4.83. The molecular formula is C16H17N3O2. The van der Waals surface area contributed by atoms with Crippen molar-refractivity contribution in [1.29, 1.82) is 0 Å². The number of nitrogens with zero attached hydrogens (tertiary/aromatic N) is 1. The molecule has 2 heterocycles. The third-order valence-electron chi connectivity index (χ3n) is 3.40. The fraction of sp³-hybridized carbons (Fsp3) is 0.250. The van der Waals surface area contributed by atoms with Crippen LogP contribution in [0.4, 0.5) is 5.69 Å². The average Bonchev–Trinajstić information content (AvgIpc) is 2.97. The van der Waals surface area contributed by atoms with Crippen LogP contribution in [0.1, 0.15) is 28.4 Å². The number of rotatable bonds is 4. The van der Waals surface area contributed by atoms with Gasteiger partial charge in [-0.2, -0.15) is 0 Å². The Kier molecular flexibility index (Phi) is 3.83. The molecule has 0 spiro atoms. The van der Waals surface area contributed by atoms with E-state index in [1.807, 2.05) is 25.1 Å². The Hall–Kier alpha value is -2.40. The van der Waals surface area contributed by atoms with Crippen molar-refractivity contribution in [2.24, 2.45) is 0 Å². The minimum atomic E-state index is -0.154. The number of hydrogen-bond donors (Lipinski definition) is 2. The van der Waals surface area contributed by atoms with E-state index in [2.05, 4.69) is 15.6 Å². The number of ether oxygens (including phenoxy) is 1. The van der Waals surface area contributed by atoms with Crippen LogP contribution in [0.3, 0.4) is 0 Å². The lowest BCUT2D eigenvalue weighted by Gasteiger charge is -2.10. The van der Waals surface area contributed by atoms with Gasteiger partial charge in [0, 0.05) is 24.8 Å². The molecule has 0 saturated carbocycles. The molecule has 0 radical (unpaired) electrons. The molecular weight excluding hydrogens is 266 g/mol. The summed E-state index contributed by atoms with van der Waals surface area (Å²) in [5.74, 6) is 0.287. The number of benzene rings is 1. The molecule has 1 aromatic heterocycles. The highest BCUT2D eigenvalue weighted by molar-refractivity contribution is 6.05. The largest absolute Gasteiger partial charge is 0.476 e. The lowest BCUT2D eigenvalue weighted by atomic mass is 10.1. The van der Waals surface area contributed by atoms with E-state index in [0.29, 0.717) is 23.7 Å². The standard InChI is InChI=1S/C16H17N3O2/c1-2-21-16-14(4-3-7-18-16)19-15(20)11-5-6-12-9-17-10-13(12)8-11/h3-8,17H,2,9-10H2,1H3,(H,19,20). The van der Waals surface area contributed by atoms with E-state index >= 15 is 0 Å². The van der Waals surface area contributed by atoms with Crippen molar-refractivity contribution in [3.05, 3.63) is 53.2 Å². The number of carbonyl (C=O) groups is 1. The van der Waals surface area contributed by atoms with Crippen molar-refractivity contribution in [1.82, 2.24) is 10.3 Å². The summed E-state index contributed by atoms with van der Waals surface area (Å²) in [4.78, 5) is 16.5. The first-order chi connectivity index (χ1) is 10.3. The zero-order valence-electron chi connectivity index (χ0n) is 11.8. The number of anilines is 1. The Bertz CT molecular complexity index is 670. The number of amides is 1. The minimum Gasteiger partial charge on any atom is -0.476 e. The smallest absolute Gasteiger partial charge is 0.255 e. The average molecular weight is 283 g/mol. The molecule has 0 aliphatic carbocycles. The van der Waals surface area contributed by atoms with Crippen LogP contribution in [-0.2, 0) is 13.1 Å². The molecule has 1 aliphatic heterocycles. The monoisotopic (exact) mass is 283 g/mol. The molecule has 0 atom stereocenters. The second-order valence-corrected chi connectivity index (χ2v) is 4.83. The van der Waals surface area contributed by atoms with Gasteiger partial charge in [-0.3, -0.25) is 4.79 Å².